The molecule has 0 aliphatic rings. The molecule has 0 fully saturated rings. The Morgan fingerprint density at radius 1 is 1.47 bits per heavy atom. The first-order valence-electron chi connectivity index (χ1n) is 4.10. The second kappa shape index (κ2) is 3.87. The van der Waals surface area contributed by atoms with Crippen molar-refractivity contribution in [3.8, 4) is 0 Å². The van der Waals surface area contributed by atoms with Crippen LogP contribution in [0.4, 0.5) is 8.78 Å². The van der Waals surface area contributed by atoms with Gasteiger partial charge in [-0.25, -0.2) is 8.78 Å². The number of carbonyl (C=O) groups is 1. The molecule has 0 spiro atoms. The van der Waals surface area contributed by atoms with Crippen LogP contribution in [0.15, 0.2) is 18.2 Å². The molecule has 0 N–H and O–H groups in total. The molecule has 0 aliphatic heterocycles. The van der Waals surface area contributed by atoms with Gasteiger partial charge in [0.1, 0.15) is 11.6 Å². The number of alkyl halides is 1. The van der Waals surface area contributed by atoms with E-state index in [1.165, 1.54) is 18.2 Å². The Balaban J connectivity index is 2.70. The molecular weight excluding hydrogens is 242 g/mol. The Morgan fingerprint density at radius 3 is 2.80 bits per heavy atom. The van der Waals surface area contributed by atoms with Gasteiger partial charge in [-0.1, -0.05) is 12.1 Å². The number of thiophene rings is 1. The minimum absolute atomic E-state index is 0.123. The minimum Gasteiger partial charge on any atom is -0.275 e. The molecule has 1 aromatic carbocycles. The van der Waals surface area contributed by atoms with Gasteiger partial charge in [-0.2, -0.15) is 0 Å². The predicted molar refractivity (Wildman–Crippen MR) is 56.8 cm³/mol. The first-order valence-corrected chi connectivity index (χ1v) is 5.29. The van der Waals surface area contributed by atoms with Crippen LogP contribution in [-0.4, -0.2) is 5.24 Å². The van der Waals surface area contributed by atoms with Crippen molar-refractivity contribution in [3.63, 3.8) is 0 Å². The van der Waals surface area contributed by atoms with Crippen molar-refractivity contribution in [2.75, 3.05) is 0 Å². The molecule has 0 saturated carbocycles. The van der Waals surface area contributed by atoms with E-state index in [4.69, 9.17) is 11.6 Å². The van der Waals surface area contributed by atoms with Gasteiger partial charge < -0.3 is 0 Å². The number of benzene rings is 1. The Hall–Kier alpha value is -1.00. The van der Waals surface area contributed by atoms with Crippen LogP contribution in [0.3, 0.4) is 0 Å². The average Bonchev–Trinajstić information content (AvgIpc) is 2.55. The quantitative estimate of drug-likeness (QED) is 0.735. The van der Waals surface area contributed by atoms with E-state index in [1.807, 2.05) is 0 Å². The second-order valence-corrected chi connectivity index (χ2v) is 4.38. The molecule has 78 valence electrons. The number of rotatable bonds is 2. The highest BCUT2D eigenvalue weighted by atomic mass is 35.5. The van der Waals surface area contributed by atoms with Crippen LogP contribution in [0.1, 0.15) is 15.2 Å². The minimum atomic E-state index is -0.824. The van der Waals surface area contributed by atoms with Crippen molar-refractivity contribution < 1.29 is 13.6 Å². The predicted octanol–water partition coefficient (Wildman–Crippen LogP) is 3.89. The van der Waals surface area contributed by atoms with E-state index in [0.29, 0.717) is 15.6 Å². The van der Waals surface area contributed by atoms with Crippen LogP contribution in [0.2, 0.25) is 0 Å². The molecule has 0 unspecified atom stereocenters. The van der Waals surface area contributed by atoms with E-state index in [2.05, 4.69) is 0 Å². The van der Waals surface area contributed by atoms with Crippen molar-refractivity contribution in [1.29, 1.82) is 0 Å². The number of hydrogen-bond donors (Lipinski definition) is 0. The highest BCUT2D eigenvalue weighted by molar-refractivity contribution is 7.22. The third-order valence-corrected chi connectivity index (χ3v) is 3.45. The zero-order chi connectivity index (χ0) is 11.0. The van der Waals surface area contributed by atoms with Gasteiger partial charge >= 0.3 is 0 Å². The lowest BCUT2D eigenvalue weighted by Gasteiger charge is -1.93. The van der Waals surface area contributed by atoms with Gasteiger partial charge in [0.15, 0.2) is 5.82 Å². The van der Waals surface area contributed by atoms with Gasteiger partial charge in [0.05, 0.1) is 0 Å². The molecule has 2 aromatic rings. The van der Waals surface area contributed by atoms with Crippen molar-refractivity contribution >= 4 is 38.3 Å². The molecule has 0 bridgehead atoms. The summed E-state index contributed by atoms with van der Waals surface area (Å²) in [4.78, 5) is 10.7. The zero-order valence-corrected chi connectivity index (χ0v) is 8.96. The number of fused-ring (bicyclic) bond motifs is 1. The molecular formula is C10H5ClF2OS. The summed E-state index contributed by atoms with van der Waals surface area (Å²) in [5.74, 6) is -0.625. The fraction of sp³-hybridized carbons (Fsp3) is 0.100. The number of carbonyl (C=O) groups excluding carboxylic acids is 1. The largest absolute Gasteiger partial charge is 0.275 e. The maximum Gasteiger partial charge on any atom is 0.265 e. The topological polar surface area (TPSA) is 17.1 Å². The number of hydrogen-bond acceptors (Lipinski definition) is 2. The van der Waals surface area contributed by atoms with Gasteiger partial charge in [-0.15, -0.1) is 11.3 Å². The van der Waals surface area contributed by atoms with E-state index in [9.17, 15) is 13.6 Å². The molecule has 5 heteroatoms. The highest BCUT2D eigenvalue weighted by Gasteiger charge is 2.16. The van der Waals surface area contributed by atoms with E-state index in [-0.39, 0.29) is 4.88 Å². The summed E-state index contributed by atoms with van der Waals surface area (Å²) in [5, 5.41) is -0.517. The lowest BCUT2D eigenvalue weighted by atomic mass is 10.2. The lowest BCUT2D eigenvalue weighted by Crippen LogP contribution is -1.86. The summed E-state index contributed by atoms with van der Waals surface area (Å²) in [7, 11) is 0. The summed E-state index contributed by atoms with van der Waals surface area (Å²) in [5.41, 5.74) is 0.456. The monoisotopic (exact) mass is 246 g/mol. The van der Waals surface area contributed by atoms with Gasteiger partial charge in [-0.3, -0.25) is 4.79 Å². The van der Waals surface area contributed by atoms with Crippen LogP contribution >= 0.6 is 22.9 Å². The van der Waals surface area contributed by atoms with Gasteiger partial charge in [0.25, 0.3) is 5.24 Å². The molecule has 1 nitrogen and oxygen atoms in total. The van der Waals surface area contributed by atoms with E-state index in [0.717, 1.165) is 11.3 Å². The van der Waals surface area contributed by atoms with E-state index >= 15 is 0 Å². The smallest absolute Gasteiger partial charge is 0.265 e. The zero-order valence-electron chi connectivity index (χ0n) is 7.39. The fourth-order valence-electron chi connectivity index (χ4n) is 1.32. The first kappa shape index (κ1) is 10.5. The fourth-order valence-corrected chi connectivity index (χ4v) is 2.50. The SMILES string of the molecule is O=C(Cl)c1sc2cc(CF)ccc2c1F. The summed E-state index contributed by atoms with van der Waals surface area (Å²) in [6.45, 7) is -0.611. The molecule has 1 heterocycles. The van der Waals surface area contributed by atoms with Crippen LogP contribution < -0.4 is 0 Å². The summed E-state index contributed by atoms with van der Waals surface area (Å²) in [6, 6.07) is 4.46. The molecule has 15 heavy (non-hydrogen) atoms. The van der Waals surface area contributed by atoms with Crippen molar-refractivity contribution in [2.45, 2.75) is 6.67 Å². The summed E-state index contributed by atoms with van der Waals surface area (Å²) in [6.07, 6.45) is 0. The Kier molecular flexibility index (Phi) is 2.71. The second-order valence-electron chi connectivity index (χ2n) is 2.98. The van der Waals surface area contributed by atoms with Crippen LogP contribution in [0, 0.1) is 5.82 Å². The van der Waals surface area contributed by atoms with Gasteiger partial charge in [-0.05, 0) is 23.2 Å². The summed E-state index contributed by atoms with van der Waals surface area (Å²) < 4.78 is 26.4. The average molecular weight is 247 g/mol. The molecule has 0 saturated heterocycles. The maximum atomic E-state index is 13.5. The van der Waals surface area contributed by atoms with Crippen molar-refractivity contribution in [3.05, 3.63) is 34.5 Å². The Morgan fingerprint density at radius 2 is 2.20 bits per heavy atom. The third-order valence-electron chi connectivity index (χ3n) is 2.03. The normalized spacial score (nSPS) is 10.9. The van der Waals surface area contributed by atoms with E-state index < -0.39 is 17.7 Å². The molecule has 2 rings (SSSR count). The maximum absolute atomic E-state index is 13.5. The molecule has 0 atom stereocenters. The third kappa shape index (κ3) is 1.75. The van der Waals surface area contributed by atoms with Crippen LogP contribution in [0.5, 0.6) is 0 Å². The van der Waals surface area contributed by atoms with Crippen molar-refractivity contribution in [1.82, 2.24) is 0 Å². The van der Waals surface area contributed by atoms with Crippen LogP contribution in [-0.2, 0) is 6.67 Å². The molecule has 0 aliphatic carbocycles. The number of halogens is 3. The Labute approximate surface area is 93.3 Å². The van der Waals surface area contributed by atoms with Gasteiger partial charge in [0.2, 0.25) is 0 Å². The highest BCUT2D eigenvalue weighted by Crippen LogP contribution is 2.31. The van der Waals surface area contributed by atoms with Gasteiger partial charge in [0, 0.05) is 10.1 Å². The van der Waals surface area contributed by atoms with Crippen LogP contribution in [0.25, 0.3) is 10.1 Å². The van der Waals surface area contributed by atoms with E-state index in [1.54, 1.807) is 0 Å². The Bertz CT molecular complexity index is 535. The lowest BCUT2D eigenvalue weighted by molar-refractivity contribution is 0.108. The molecule has 1 aromatic heterocycles. The first-order chi connectivity index (χ1) is 7.13. The van der Waals surface area contributed by atoms with Crippen molar-refractivity contribution in [2.24, 2.45) is 0 Å². The molecule has 0 amide bonds. The molecule has 0 radical (unpaired) electrons. The summed E-state index contributed by atoms with van der Waals surface area (Å²) >= 11 is 6.15. The standard InChI is InChI=1S/C10H5ClF2OS/c11-10(14)9-8(13)6-2-1-5(4-12)3-7(6)15-9/h1-3H,4H2.